The SMILES string of the molecule is C=C(C)C(=O)OCCCCCCOc1ccc(/C=C/C(=O)OC(C)OCCCC)cc1. The van der Waals surface area contributed by atoms with Crippen LogP contribution in [0, 0.1) is 0 Å². The van der Waals surface area contributed by atoms with Crippen LogP contribution in [0.15, 0.2) is 42.5 Å². The maximum Gasteiger partial charge on any atom is 0.333 e. The van der Waals surface area contributed by atoms with Crippen LogP contribution >= 0.6 is 0 Å². The Labute approximate surface area is 186 Å². The first kappa shape index (κ1) is 26.4. The van der Waals surface area contributed by atoms with Crippen molar-refractivity contribution in [1.82, 2.24) is 0 Å². The van der Waals surface area contributed by atoms with Crippen molar-refractivity contribution in [2.75, 3.05) is 19.8 Å². The molecule has 0 aliphatic carbocycles. The summed E-state index contributed by atoms with van der Waals surface area (Å²) in [5.41, 5.74) is 1.31. The Balaban J connectivity index is 2.18. The van der Waals surface area contributed by atoms with E-state index in [4.69, 9.17) is 18.9 Å². The normalized spacial score (nSPS) is 11.8. The molecule has 0 aliphatic rings. The number of benzene rings is 1. The van der Waals surface area contributed by atoms with Crippen molar-refractivity contribution < 1.29 is 28.5 Å². The van der Waals surface area contributed by atoms with Gasteiger partial charge in [-0.15, -0.1) is 0 Å². The molecule has 0 amide bonds. The molecule has 0 saturated carbocycles. The lowest BCUT2D eigenvalue weighted by Gasteiger charge is -2.12. The van der Waals surface area contributed by atoms with E-state index in [9.17, 15) is 9.59 Å². The van der Waals surface area contributed by atoms with Gasteiger partial charge in [-0.1, -0.05) is 32.1 Å². The maximum atomic E-state index is 11.8. The lowest BCUT2D eigenvalue weighted by atomic mass is 10.2. The molecule has 0 heterocycles. The van der Waals surface area contributed by atoms with Gasteiger partial charge >= 0.3 is 11.9 Å². The third-order valence-corrected chi connectivity index (χ3v) is 4.31. The summed E-state index contributed by atoms with van der Waals surface area (Å²) >= 11 is 0. The van der Waals surface area contributed by atoms with Crippen molar-refractivity contribution in [1.29, 1.82) is 0 Å². The monoisotopic (exact) mass is 432 g/mol. The minimum Gasteiger partial charge on any atom is -0.494 e. The molecule has 31 heavy (non-hydrogen) atoms. The van der Waals surface area contributed by atoms with E-state index >= 15 is 0 Å². The zero-order chi connectivity index (χ0) is 22.9. The van der Waals surface area contributed by atoms with Crippen molar-refractivity contribution in [3.05, 3.63) is 48.1 Å². The number of hydrogen-bond donors (Lipinski definition) is 0. The quantitative estimate of drug-likeness (QED) is 0.149. The van der Waals surface area contributed by atoms with Gasteiger partial charge in [-0.25, -0.2) is 9.59 Å². The van der Waals surface area contributed by atoms with Crippen LogP contribution in [0.3, 0.4) is 0 Å². The van der Waals surface area contributed by atoms with Crippen LogP contribution in [0.5, 0.6) is 5.75 Å². The van der Waals surface area contributed by atoms with E-state index in [1.807, 2.05) is 24.3 Å². The number of carbonyl (C=O) groups excluding carboxylic acids is 2. The van der Waals surface area contributed by atoms with Crippen LogP contribution in [0.25, 0.3) is 6.08 Å². The number of unbranched alkanes of at least 4 members (excludes halogenated alkanes) is 4. The van der Waals surface area contributed by atoms with Crippen LogP contribution in [-0.4, -0.2) is 38.0 Å². The van der Waals surface area contributed by atoms with Crippen LogP contribution in [-0.2, 0) is 23.8 Å². The summed E-state index contributed by atoms with van der Waals surface area (Å²) in [5, 5.41) is 0. The molecule has 1 aromatic carbocycles. The molecule has 0 bridgehead atoms. The molecule has 1 atom stereocenters. The zero-order valence-corrected chi connectivity index (χ0v) is 19.1. The Bertz CT molecular complexity index is 692. The van der Waals surface area contributed by atoms with E-state index in [0.29, 0.717) is 25.4 Å². The summed E-state index contributed by atoms with van der Waals surface area (Å²) in [6, 6.07) is 7.52. The van der Waals surface area contributed by atoms with Gasteiger partial charge in [0.25, 0.3) is 0 Å². The van der Waals surface area contributed by atoms with Gasteiger partial charge in [-0.05, 0) is 69.7 Å². The predicted octanol–water partition coefficient (Wildman–Crippen LogP) is 5.46. The van der Waals surface area contributed by atoms with E-state index in [2.05, 4.69) is 13.5 Å². The fourth-order valence-electron chi connectivity index (χ4n) is 2.51. The third kappa shape index (κ3) is 13.3. The Hall–Kier alpha value is -2.60. The van der Waals surface area contributed by atoms with Crippen molar-refractivity contribution in [2.24, 2.45) is 0 Å². The fraction of sp³-hybridized carbons (Fsp3) is 0.520. The van der Waals surface area contributed by atoms with Gasteiger partial charge < -0.3 is 18.9 Å². The first-order valence-corrected chi connectivity index (χ1v) is 11.0. The lowest BCUT2D eigenvalue weighted by Crippen LogP contribution is -2.17. The van der Waals surface area contributed by atoms with Crippen molar-refractivity contribution in [3.8, 4) is 5.75 Å². The maximum absolute atomic E-state index is 11.8. The summed E-state index contributed by atoms with van der Waals surface area (Å²) in [7, 11) is 0. The van der Waals surface area contributed by atoms with Gasteiger partial charge in [-0.3, -0.25) is 0 Å². The number of ether oxygens (including phenoxy) is 4. The average molecular weight is 433 g/mol. The smallest absolute Gasteiger partial charge is 0.333 e. The summed E-state index contributed by atoms with van der Waals surface area (Å²) in [5.74, 6) is 0.0243. The minimum absolute atomic E-state index is 0.329. The molecule has 1 rings (SSSR count). The first-order valence-electron chi connectivity index (χ1n) is 11.0. The molecule has 6 nitrogen and oxygen atoms in total. The Morgan fingerprint density at radius 2 is 1.68 bits per heavy atom. The zero-order valence-electron chi connectivity index (χ0n) is 19.1. The van der Waals surface area contributed by atoms with Gasteiger partial charge in [0.15, 0.2) is 6.29 Å². The largest absolute Gasteiger partial charge is 0.494 e. The average Bonchev–Trinajstić information content (AvgIpc) is 2.74. The Morgan fingerprint density at radius 1 is 1.00 bits per heavy atom. The third-order valence-electron chi connectivity index (χ3n) is 4.31. The molecule has 0 aliphatic heterocycles. The van der Waals surface area contributed by atoms with Crippen LogP contribution in [0.2, 0.25) is 0 Å². The molecule has 0 spiro atoms. The second-order valence-corrected chi connectivity index (χ2v) is 7.31. The van der Waals surface area contributed by atoms with Gasteiger partial charge in [-0.2, -0.15) is 0 Å². The summed E-state index contributed by atoms with van der Waals surface area (Å²) in [6.45, 7) is 10.6. The van der Waals surface area contributed by atoms with E-state index in [1.165, 1.54) is 6.08 Å². The van der Waals surface area contributed by atoms with E-state index in [-0.39, 0.29) is 5.97 Å². The molecule has 0 N–H and O–H groups in total. The molecule has 1 aromatic rings. The highest BCUT2D eigenvalue weighted by Gasteiger charge is 2.06. The molecular formula is C25H36O6. The number of carbonyl (C=O) groups is 2. The van der Waals surface area contributed by atoms with Crippen LogP contribution < -0.4 is 4.74 Å². The van der Waals surface area contributed by atoms with Gasteiger partial charge in [0.1, 0.15) is 5.75 Å². The number of hydrogen-bond acceptors (Lipinski definition) is 6. The standard InChI is InChI=1S/C25H36O6/c1-5-6-17-28-21(4)31-24(26)16-13-22-11-14-23(15-12-22)29-18-9-7-8-10-19-30-25(27)20(2)3/h11-16,21H,2,5-10,17-19H2,1,3-4H3/b16-13+. The molecule has 6 heteroatoms. The molecule has 1 unspecified atom stereocenters. The van der Waals surface area contributed by atoms with E-state index in [0.717, 1.165) is 49.8 Å². The predicted molar refractivity (Wildman–Crippen MR) is 122 cm³/mol. The molecule has 172 valence electrons. The highest BCUT2D eigenvalue weighted by atomic mass is 16.7. The minimum atomic E-state index is -0.550. The second-order valence-electron chi connectivity index (χ2n) is 7.31. The van der Waals surface area contributed by atoms with Gasteiger partial charge in [0.05, 0.1) is 19.8 Å². The Kier molecular flexibility index (Phi) is 13.8. The highest BCUT2D eigenvalue weighted by Crippen LogP contribution is 2.14. The summed E-state index contributed by atoms with van der Waals surface area (Å²) in [4.78, 5) is 23.1. The van der Waals surface area contributed by atoms with Crippen molar-refractivity contribution in [2.45, 2.75) is 65.6 Å². The molecule has 0 saturated heterocycles. The van der Waals surface area contributed by atoms with Crippen LogP contribution in [0.4, 0.5) is 0 Å². The topological polar surface area (TPSA) is 71.1 Å². The second kappa shape index (κ2) is 16.1. The summed E-state index contributed by atoms with van der Waals surface area (Å²) in [6.07, 6.45) is 8.28. The highest BCUT2D eigenvalue weighted by molar-refractivity contribution is 5.87. The summed E-state index contributed by atoms with van der Waals surface area (Å²) < 4.78 is 21.3. The molecule has 0 aromatic heterocycles. The lowest BCUT2D eigenvalue weighted by molar-refractivity contribution is -0.168. The molecular weight excluding hydrogens is 396 g/mol. The van der Waals surface area contributed by atoms with Gasteiger partial charge in [0, 0.05) is 11.6 Å². The molecule has 0 radical (unpaired) electrons. The van der Waals surface area contributed by atoms with E-state index < -0.39 is 12.3 Å². The Morgan fingerprint density at radius 3 is 2.32 bits per heavy atom. The van der Waals surface area contributed by atoms with Crippen molar-refractivity contribution >= 4 is 18.0 Å². The number of rotatable bonds is 16. The number of esters is 2. The van der Waals surface area contributed by atoms with E-state index in [1.54, 1.807) is 19.9 Å². The van der Waals surface area contributed by atoms with Crippen molar-refractivity contribution in [3.63, 3.8) is 0 Å². The van der Waals surface area contributed by atoms with Crippen LogP contribution in [0.1, 0.15) is 64.9 Å². The molecule has 0 fully saturated rings. The van der Waals surface area contributed by atoms with Gasteiger partial charge in [0.2, 0.25) is 0 Å². The fourth-order valence-corrected chi connectivity index (χ4v) is 2.51. The first-order chi connectivity index (χ1) is 14.9.